The summed E-state index contributed by atoms with van der Waals surface area (Å²) in [7, 11) is 0. The van der Waals surface area contributed by atoms with E-state index in [0.717, 1.165) is 6.54 Å². The Balaban J connectivity index is 2.18. The second kappa shape index (κ2) is 6.91. The third-order valence-electron chi connectivity index (χ3n) is 4.11. The van der Waals surface area contributed by atoms with Crippen molar-refractivity contribution < 1.29 is 0 Å². The molecule has 19 heavy (non-hydrogen) atoms. The largest absolute Gasteiger partial charge is 0.310 e. The van der Waals surface area contributed by atoms with Crippen molar-refractivity contribution >= 4 is 0 Å². The van der Waals surface area contributed by atoms with Crippen molar-refractivity contribution in [1.82, 2.24) is 5.32 Å². The van der Waals surface area contributed by atoms with Crippen LogP contribution in [0, 0.1) is 13.8 Å². The summed E-state index contributed by atoms with van der Waals surface area (Å²) in [6, 6.07) is 7.30. The molecule has 0 aliphatic heterocycles. The van der Waals surface area contributed by atoms with E-state index >= 15 is 0 Å². The third kappa shape index (κ3) is 3.94. The van der Waals surface area contributed by atoms with Gasteiger partial charge in [0.15, 0.2) is 0 Å². The monoisotopic (exact) mass is 257 g/mol. The average molecular weight is 257 g/mol. The van der Waals surface area contributed by atoms with Crippen LogP contribution >= 0.6 is 0 Å². The van der Waals surface area contributed by atoms with E-state index in [0.29, 0.717) is 6.04 Å². The van der Waals surface area contributed by atoms with Crippen LogP contribution in [-0.2, 0) is 0 Å². The van der Waals surface area contributed by atoms with Crippen molar-refractivity contribution in [2.75, 3.05) is 6.54 Å². The predicted molar refractivity (Wildman–Crippen MR) is 83.5 cm³/mol. The van der Waals surface area contributed by atoms with Gasteiger partial charge in [0.05, 0.1) is 0 Å². The van der Waals surface area contributed by atoms with E-state index < -0.39 is 0 Å². The SMILES string of the molecule is CCNC(CC1=CCCCC1)c1cc(C)ccc1C. The molecule has 1 unspecified atom stereocenters. The number of hydrogen-bond acceptors (Lipinski definition) is 1. The first-order valence-electron chi connectivity index (χ1n) is 7.69. The van der Waals surface area contributed by atoms with E-state index in [9.17, 15) is 0 Å². The first kappa shape index (κ1) is 14.3. The Bertz CT molecular complexity index is 445. The summed E-state index contributed by atoms with van der Waals surface area (Å²) < 4.78 is 0. The summed E-state index contributed by atoms with van der Waals surface area (Å²) in [6.45, 7) is 7.65. The molecule has 1 aromatic rings. The van der Waals surface area contributed by atoms with Gasteiger partial charge in [0, 0.05) is 6.04 Å². The zero-order valence-electron chi connectivity index (χ0n) is 12.6. The second-order valence-electron chi connectivity index (χ2n) is 5.78. The Labute approximate surface area is 118 Å². The standard InChI is InChI=1S/C18H27N/c1-4-19-18(13-16-8-6-5-7-9-16)17-12-14(2)10-11-15(17)3/h8,10-12,18-19H,4-7,9,13H2,1-3H3. The van der Waals surface area contributed by atoms with Gasteiger partial charge in [0.1, 0.15) is 0 Å². The van der Waals surface area contributed by atoms with Crippen molar-refractivity contribution in [2.45, 2.75) is 58.9 Å². The fourth-order valence-electron chi connectivity index (χ4n) is 3.03. The highest BCUT2D eigenvalue weighted by Crippen LogP contribution is 2.29. The lowest BCUT2D eigenvalue weighted by Crippen LogP contribution is -2.22. The molecule has 1 nitrogen and oxygen atoms in total. The van der Waals surface area contributed by atoms with E-state index in [1.54, 1.807) is 5.57 Å². The molecular formula is C18H27N. The molecule has 1 N–H and O–H groups in total. The molecule has 104 valence electrons. The number of benzene rings is 1. The lowest BCUT2D eigenvalue weighted by molar-refractivity contribution is 0.525. The van der Waals surface area contributed by atoms with Crippen molar-refractivity contribution in [3.63, 3.8) is 0 Å². The van der Waals surface area contributed by atoms with Crippen LogP contribution in [0.15, 0.2) is 29.8 Å². The highest BCUT2D eigenvalue weighted by atomic mass is 14.9. The first-order valence-corrected chi connectivity index (χ1v) is 7.69. The number of nitrogens with one attached hydrogen (secondary N) is 1. The minimum Gasteiger partial charge on any atom is -0.310 e. The van der Waals surface area contributed by atoms with Gasteiger partial charge in [-0.2, -0.15) is 0 Å². The Morgan fingerprint density at radius 2 is 2.05 bits per heavy atom. The van der Waals surface area contributed by atoms with Crippen LogP contribution in [0.2, 0.25) is 0 Å². The first-order chi connectivity index (χ1) is 9.20. The van der Waals surface area contributed by atoms with Crippen LogP contribution in [-0.4, -0.2) is 6.54 Å². The van der Waals surface area contributed by atoms with Gasteiger partial charge in [0.25, 0.3) is 0 Å². The van der Waals surface area contributed by atoms with Crippen LogP contribution in [0.1, 0.15) is 61.8 Å². The lowest BCUT2D eigenvalue weighted by atomic mass is 9.89. The van der Waals surface area contributed by atoms with Crippen LogP contribution in [0.4, 0.5) is 0 Å². The van der Waals surface area contributed by atoms with E-state index in [-0.39, 0.29) is 0 Å². The highest BCUT2D eigenvalue weighted by Gasteiger charge is 2.16. The Kier molecular flexibility index (Phi) is 5.21. The number of rotatable bonds is 5. The third-order valence-corrected chi connectivity index (χ3v) is 4.11. The zero-order chi connectivity index (χ0) is 13.7. The average Bonchev–Trinajstić information content (AvgIpc) is 2.42. The van der Waals surface area contributed by atoms with Crippen molar-refractivity contribution in [1.29, 1.82) is 0 Å². The summed E-state index contributed by atoms with van der Waals surface area (Å²) in [5.41, 5.74) is 5.90. The maximum absolute atomic E-state index is 3.67. The molecular weight excluding hydrogens is 230 g/mol. The zero-order valence-corrected chi connectivity index (χ0v) is 12.6. The molecule has 1 aliphatic carbocycles. The van der Waals surface area contributed by atoms with Gasteiger partial charge in [-0.1, -0.05) is 42.3 Å². The molecule has 2 rings (SSSR count). The van der Waals surface area contributed by atoms with Crippen molar-refractivity contribution in [2.24, 2.45) is 0 Å². The van der Waals surface area contributed by atoms with E-state index in [4.69, 9.17) is 0 Å². The fraction of sp³-hybridized carbons (Fsp3) is 0.556. The van der Waals surface area contributed by atoms with Crippen molar-refractivity contribution in [3.05, 3.63) is 46.5 Å². The van der Waals surface area contributed by atoms with Gasteiger partial charge in [0.2, 0.25) is 0 Å². The van der Waals surface area contributed by atoms with Crippen LogP contribution < -0.4 is 5.32 Å². The van der Waals surface area contributed by atoms with Gasteiger partial charge in [-0.3, -0.25) is 0 Å². The quantitative estimate of drug-likeness (QED) is 0.744. The Hall–Kier alpha value is -1.08. The van der Waals surface area contributed by atoms with E-state index in [2.05, 4.69) is 50.4 Å². The molecule has 0 saturated heterocycles. The summed E-state index contributed by atoms with van der Waals surface area (Å²) >= 11 is 0. The van der Waals surface area contributed by atoms with Crippen LogP contribution in [0.25, 0.3) is 0 Å². The summed E-state index contributed by atoms with van der Waals surface area (Å²) in [6.07, 6.45) is 8.97. The lowest BCUT2D eigenvalue weighted by Gasteiger charge is -2.24. The molecule has 1 aliphatic rings. The maximum Gasteiger partial charge on any atom is 0.0360 e. The number of allylic oxidation sites excluding steroid dienone is 1. The normalized spacial score (nSPS) is 17.1. The Morgan fingerprint density at radius 3 is 2.74 bits per heavy atom. The van der Waals surface area contributed by atoms with Gasteiger partial charge in [-0.05, 0) is 63.6 Å². The Morgan fingerprint density at radius 1 is 1.21 bits per heavy atom. The minimum atomic E-state index is 0.481. The second-order valence-corrected chi connectivity index (χ2v) is 5.78. The predicted octanol–water partition coefficient (Wildman–Crippen LogP) is 4.84. The number of hydrogen-bond donors (Lipinski definition) is 1. The van der Waals surface area contributed by atoms with Crippen LogP contribution in [0.5, 0.6) is 0 Å². The van der Waals surface area contributed by atoms with Gasteiger partial charge >= 0.3 is 0 Å². The minimum absolute atomic E-state index is 0.481. The smallest absolute Gasteiger partial charge is 0.0360 e. The van der Waals surface area contributed by atoms with E-state index in [1.165, 1.54) is 48.8 Å². The molecule has 0 bridgehead atoms. The maximum atomic E-state index is 3.67. The van der Waals surface area contributed by atoms with Gasteiger partial charge in [-0.25, -0.2) is 0 Å². The summed E-state index contributed by atoms with van der Waals surface area (Å²) in [4.78, 5) is 0. The van der Waals surface area contributed by atoms with Gasteiger partial charge < -0.3 is 5.32 Å². The number of aryl methyl sites for hydroxylation is 2. The highest BCUT2D eigenvalue weighted by molar-refractivity contribution is 5.34. The summed E-state index contributed by atoms with van der Waals surface area (Å²) in [5.74, 6) is 0. The van der Waals surface area contributed by atoms with Crippen LogP contribution in [0.3, 0.4) is 0 Å². The van der Waals surface area contributed by atoms with Crippen molar-refractivity contribution in [3.8, 4) is 0 Å². The molecule has 0 radical (unpaired) electrons. The molecule has 0 aromatic heterocycles. The molecule has 0 saturated carbocycles. The topological polar surface area (TPSA) is 12.0 Å². The molecule has 0 fully saturated rings. The summed E-state index contributed by atoms with van der Waals surface area (Å²) in [5, 5.41) is 3.67. The molecule has 0 amide bonds. The molecule has 0 heterocycles. The fourth-order valence-corrected chi connectivity index (χ4v) is 3.03. The molecule has 1 heteroatoms. The molecule has 1 atom stereocenters. The van der Waals surface area contributed by atoms with E-state index in [1.807, 2.05) is 0 Å². The molecule has 1 aromatic carbocycles. The molecule has 0 spiro atoms. The van der Waals surface area contributed by atoms with Gasteiger partial charge in [-0.15, -0.1) is 0 Å².